The van der Waals surface area contributed by atoms with Crippen molar-refractivity contribution in [3.8, 4) is 0 Å². The van der Waals surface area contributed by atoms with Crippen molar-refractivity contribution in [2.24, 2.45) is 0 Å². The zero-order chi connectivity index (χ0) is 15.3. The fraction of sp³-hybridized carbons (Fsp3) is 0. The van der Waals surface area contributed by atoms with Crippen LogP contribution in [0.15, 0.2) is 0 Å². The minimum atomic E-state index is -0.781. The third-order valence-electron chi connectivity index (χ3n) is 3.43. The Morgan fingerprint density at radius 3 is 1.21 bits per heavy atom. The highest BCUT2D eigenvalue weighted by Gasteiger charge is 2.42. The van der Waals surface area contributed by atoms with Gasteiger partial charge in [-0.25, -0.2) is 0 Å². The Morgan fingerprint density at radius 2 is 1.00 bits per heavy atom. The summed E-state index contributed by atoms with van der Waals surface area (Å²) in [5.41, 5.74) is 0. The van der Waals surface area contributed by atoms with Crippen LogP contribution in [0, 0.1) is 0 Å². The molecule has 0 aromatic carbocycles. The molecule has 0 saturated carbocycles. The first-order chi connectivity index (χ1) is 8.64. The highest BCUT2D eigenvalue weighted by molar-refractivity contribution is 8.18. The van der Waals surface area contributed by atoms with Crippen LogP contribution in [0.4, 0.5) is 0 Å². The molecular weight excluding hydrogens is 205 g/mol. The van der Waals surface area contributed by atoms with E-state index in [4.69, 9.17) is 61.9 Å². The van der Waals surface area contributed by atoms with Crippen molar-refractivity contribution < 1.29 is 0 Å². The molecule has 0 spiro atoms. The molecule has 0 saturated heterocycles. The molecule has 19 radical (unpaired) electrons. The van der Waals surface area contributed by atoms with Crippen molar-refractivity contribution >= 4 is 136 Å². The first kappa shape index (κ1) is 20.2. The molecule has 0 unspecified atom stereocenters. The number of hydrogen-bond acceptors (Lipinski definition) is 0. The van der Waals surface area contributed by atoms with Crippen molar-refractivity contribution in [1.29, 1.82) is 0 Å². The van der Waals surface area contributed by atoms with Crippen LogP contribution in [0.2, 0.25) is 0 Å². The van der Waals surface area contributed by atoms with Crippen LogP contribution in [0.3, 0.4) is 0 Å². The van der Waals surface area contributed by atoms with E-state index in [1.807, 2.05) is 0 Å². The first-order valence-corrected chi connectivity index (χ1v) is 6.15. The molecule has 0 nitrogen and oxygen atoms in total. The monoisotopic (exact) mass is 211 g/mol. The Labute approximate surface area is 135 Å². The first-order valence-electron chi connectivity index (χ1n) is 6.15. The summed E-state index contributed by atoms with van der Waals surface area (Å²) in [5, 5.41) is 0. The molecule has 0 amide bonds. The summed E-state index contributed by atoms with van der Waals surface area (Å²) in [7, 11) is 55.4. The fourth-order valence-corrected chi connectivity index (χ4v) is 2.52. The van der Waals surface area contributed by atoms with E-state index in [1.165, 1.54) is 0 Å². The third kappa shape index (κ3) is 5.86. The average molecular weight is 207 g/mol. The van der Waals surface area contributed by atoms with Gasteiger partial charge in [0.15, 0.2) is 0 Å². The van der Waals surface area contributed by atoms with Crippen molar-refractivity contribution in [3.63, 3.8) is 0 Å². The SMILES string of the molecule is [B]B([B])B(B([B])[B])B(B([B])[B][BH])B(B([B])[B])B([B])[BH]. The molecule has 0 rings (SSSR count). The molecule has 19 heavy (non-hydrogen) atoms. The molecular formula is H2B19. The quantitative estimate of drug-likeness (QED) is 0.347. The van der Waals surface area contributed by atoms with Gasteiger partial charge >= 0.3 is 0 Å². The molecule has 0 bridgehead atoms. The lowest BCUT2D eigenvalue weighted by atomic mass is 8.40. The molecule has 0 aromatic heterocycles. The minimum absolute atomic E-state index is 0.412. The van der Waals surface area contributed by atoms with Crippen LogP contribution < -0.4 is 0 Å². The van der Waals surface area contributed by atoms with Gasteiger partial charge in [0.05, 0.1) is 0 Å². The highest BCUT2D eigenvalue weighted by atomic mass is 13.2. The molecule has 0 N–H and O–H groups in total. The van der Waals surface area contributed by atoms with E-state index in [-0.39, 0.29) is 0 Å². The van der Waals surface area contributed by atoms with Gasteiger partial charge in [-0.05, 0) is 0 Å². The van der Waals surface area contributed by atoms with Gasteiger partial charge < -0.3 is 0 Å². The van der Waals surface area contributed by atoms with E-state index >= 15 is 0 Å². The third-order valence-corrected chi connectivity index (χ3v) is 3.43. The smallest absolute Gasteiger partial charge is 0.0000000000131 e. The largest absolute Gasteiger partial charge is 0.0322 e. The van der Waals surface area contributed by atoms with Crippen LogP contribution >= 0.6 is 0 Å². The molecule has 0 aromatic rings. The normalized spacial score (nSPS) is 9.05. The molecule has 0 aliphatic rings. The highest BCUT2D eigenvalue weighted by Crippen LogP contribution is 2.04. The second-order valence-corrected chi connectivity index (χ2v) is 4.94. The number of rotatable bonds is 8. The van der Waals surface area contributed by atoms with Gasteiger partial charge in [-0.15, -0.1) is 0 Å². The van der Waals surface area contributed by atoms with Crippen LogP contribution in [-0.2, 0) is 0 Å². The predicted octanol–water partition coefficient (Wildman–Crippen LogP) is -7.77. The van der Waals surface area contributed by atoms with Crippen LogP contribution in [0.25, 0.3) is 0 Å². The molecule has 0 atom stereocenters. The van der Waals surface area contributed by atoms with E-state index in [1.54, 1.807) is 7.06 Å². The second-order valence-electron chi connectivity index (χ2n) is 4.94. The maximum Gasteiger partial charge on any atom is 0.0322 e. The molecule has 19 heteroatoms. The lowest BCUT2D eigenvalue weighted by molar-refractivity contribution is 3.34. The lowest BCUT2D eigenvalue weighted by Gasteiger charge is -2.41. The van der Waals surface area contributed by atoms with Gasteiger partial charge in [0.2, 0.25) is 0 Å². The summed E-state index contributed by atoms with van der Waals surface area (Å²) in [6.45, 7) is 0. The fourth-order valence-electron chi connectivity index (χ4n) is 2.52. The maximum atomic E-state index is 6.04. The van der Waals surface area contributed by atoms with Crippen molar-refractivity contribution in [1.82, 2.24) is 0 Å². The summed E-state index contributed by atoms with van der Waals surface area (Å²) >= 11 is 0. The van der Waals surface area contributed by atoms with E-state index < -0.39 is 51.1 Å². The predicted molar refractivity (Wildman–Crippen MR) is 112 cm³/mol. The van der Waals surface area contributed by atoms with Gasteiger partial charge in [0.25, 0.3) is 0 Å². The maximum absolute atomic E-state index is 6.04. The molecule has 0 aliphatic carbocycles. The Bertz CT molecular complexity index is 188. The van der Waals surface area contributed by atoms with Crippen LogP contribution in [-0.4, -0.2) is 136 Å². The zero-order valence-electron chi connectivity index (χ0n) is 11.2. The lowest BCUT2D eigenvalue weighted by Crippen LogP contribution is -2.79. The Morgan fingerprint density at radius 1 is 0.632 bits per heavy atom. The van der Waals surface area contributed by atoms with Crippen LogP contribution in [0.1, 0.15) is 0 Å². The zero-order valence-corrected chi connectivity index (χ0v) is 11.2. The van der Waals surface area contributed by atoms with Crippen molar-refractivity contribution in [2.75, 3.05) is 0 Å². The Hall–Kier alpha value is 1.23. The van der Waals surface area contributed by atoms with Gasteiger partial charge in [0.1, 0.15) is 0 Å². The molecule has 0 fully saturated rings. The topological polar surface area (TPSA) is 0 Å². The summed E-state index contributed by atoms with van der Waals surface area (Å²) < 4.78 is 0. The van der Waals surface area contributed by atoms with Gasteiger partial charge in [-0.2, -0.15) is 0 Å². The molecule has 0 heterocycles. The van der Waals surface area contributed by atoms with Gasteiger partial charge in [-0.1, -0.05) is 0 Å². The average Bonchev–Trinajstić information content (AvgIpc) is 2.24. The van der Waals surface area contributed by atoms with Gasteiger partial charge in [-0.3, -0.25) is 0 Å². The summed E-state index contributed by atoms with van der Waals surface area (Å²) in [6.07, 6.45) is -4.74. The van der Waals surface area contributed by atoms with E-state index in [0.717, 1.165) is 0 Å². The van der Waals surface area contributed by atoms with Crippen LogP contribution in [0.5, 0.6) is 0 Å². The summed E-state index contributed by atoms with van der Waals surface area (Å²) in [5.74, 6) is 0. The summed E-state index contributed by atoms with van der Waals surface area (Å²) in [4.78, 5) is 0. The van der Waals surface area contributed by atoms with E-state index in [2.05, 4.69) is 15.5 Å². The minimum Gasteiger partial charge on any atom is 0.0000000000131 e. The summed E-state index contributed by atoms with van der Waals surface area (Å²) in [6, 6.07) is 0. The Kier molecular flexibility index (Phi) is 9.90. The molecule has 0 aliphatic heterocycles. The van der Waals surface area contributed by atoms with Gasteiger partial charge in [0, 0.05) is 136 Å². The van der Waals surface area contributed by atoms with Crippen molar-refractivity contribution in [2.45, 2.75) is 0 Å². The van der Waals surface area contributed by atoms with Crippen molar-refractivity contribution in [3.05, 3.63) is 0 Å². The van der Waals surface area contributed by atoms with E-state index in [0.29, 0.717) is 0 Å². The Balaban J connectivity index is 5.50. The number of hydrogen-bond donors (Lipinski definition) is 0. The second kappa shape index (κ2) is 9.29. The van der Waals surface area contributed by atoms with E-state index in [9.17, 15) is 0 Å². The molecule has 59 valence electrons. The standard InChI is InChI=1S/B19H2/c1-11-16(10)19(17(12(2)3)13(4)5)18(14(6)7)15(8)9/h1-2H.